The summed E-state index contributed by atoms with van der Waals surface area (Å²) in [4.78, 5) is 10.7. The van der Waals surface area contributed by atoms with Gasteiger partial charge in [-0.05, 0) is 24.1 Å². The molecule has 21 heavy (non-hydrogen) atoms. The molecule has 0 amide bonds. The van der Waals surface area contributed by atoms with Crippen LogP contribution in [0.1, 0.15) is 30.6 Å². The number of rotatable bonds is 5. The van der Waals surface area contributed by atoms with E-state index in [0.29, 0.717) is 5.75 Å². The van der Waals surface area contributed by atoms with Gasteiger partial charge in [0.1, 0.15) is 6.10 Å². The monoisotopic (exact) mass is 323 g/mol. The molecule has 0 spiro atoms. The van der Waals surface area contributed by atoms with Crippen LogP contribution < -0.4 is 5.73 Å². The van der Waals surface area contributed by atoms with Crippen molar-refractivity contribution in [2.45, 2.75) is 31.7 Å². The van der Waals surface area contributed by atoms with Gasteiger partial charge in [-0.25, -0.2) is 0 Å². The van der Waals surface area contributed by atoms with Gasteiger partial charge in [0.15, 0.2) is 5.12 Å². The highest BCUT2D eigenvalue weighted by Gasteiger charge is 2.33. The molecule has 4 N–H and O–H groups in total. The van der Waals surface area contributed by atoms with Crippen molar-refractivity contribution in [1.82, 2.24) is 0 Å². The predicted molar refractivity (Wildman–Crippen MR) is 74.6 cm³/mol. The third kappa shape index (κ3) is 5.22. The van der Waals surface area contributed by atoms with E-state index < -0.39 is 29.6 Å². The van der Waals surface area contributed by atoms with Gasteiger partial charge in [-0.1, -0.05) is 17.8 Å². The van der Waals surface area contributed by atoms with Gasteiger partial charge in [0.25, 0.3) is 0 Å². The molecule has 1 rings (SSSR count). The normalized spacial score (nSPS) is 14.8. The SMILES string of the molecule is CC(=O)SCCC(O)C(O)c1ccc(C(F)(F)F)c(N)c1. The Bertz CT molecular complexity index is 508. The standard InChI is InChI=1S/C13H16F3NO3S/c1-7(18)21-5-4-11(19)12(20)8-2-3-9(10(17)6-8)13(14,15)16/h2-3,6,11-12,19-20H,4-5,17H2,1H3. The molecule has 0 aliphatic heterocycles. The molecule has 0 saturated carbocycles. The molecule has 0 bridgehead atoms. The first-order valence-electron chi connectivity index (χ1n) is 6.09. The Morgan fingerprint density at radius 1 is 1.38 bits per heavy atom. The number of halogens is 3. The van der Waals surface area contributed by atoms with E-state index in [1.54, 1.807) is 0 Å². The summed E-state index contributed by atoms with van der Waals surface area (Å²) in [7, 11) is 0. The van der Waals surface area contributed by atoms with E-state index in [-0.39, 0.29) is 17.1 Å². The van der Waals surface area contributed by atoms with Gasteiger partial charge in [0, 0.05) is 18.4 Å². The van der Waals surface area contributed by atoms with E-state index in [0.717, 1.165) is 30.0 Å². The van der Waals surface area contributed by atoms with Crippen LogP contribution in [-0.4, -0.2) is 27.2 Å². The maximum Gasteiger partial charge on any atom is 0.418 e. The van der Waals surface area contributed by atoms with Gasteiger partial charge in [0.05, 0.1) is 11.7 Å². The number of carbonyl (C=O) groups is 1. The van der Waals surface area contributed by atoms with Crippen LogP contribution >= 0.6 is 11.8 Å². The number of thioether (sulfide) groups is 1. The second kappa shape index (κ2) is 7.15. The molecule has 1 aromatic carbocycles. The Balaban J connectivity index is 2.76. The van der Waals surface area contributed by atoms with Gasteiger partial charge >= 0.3 is 6.18 Å². The fourth-order valence-corrected chi connectivity index (χ4v) is 2.37. The fraction of sp³-hybridized carbons (Fsp3) is 0.462. The molecular formula is C13H16F3NO3S. The van der Waals surface area contributed by atoms with E-state index in [2.05, 4.69) is 0 Å². The number of aliphatic hydroxyl groups excluding tert-OH is 2. The molecule has 2 unspecified atom stereocenters. The van der Waals surface area contributed by atoms with Crippen LogP contribution in [0.2, 0.25) is 0 Å². The molecule has 8 heteroatoms. The first kappa shape index (κ1) is 17.8. The third-order valence-corrected chi connectivity index (χ3v) is 3.65. The lowest BCUT2D eigenvalue weighted by Crippen LogP contribution is -2.20. The summed E-state index contributed by atoms with van der Waals surface area (Å²) >= 11 is 0.998. The zero-order chi connectivity index (χ0) is 16.2. The summed E-state index contributed by atoms with van der Waals surface area (Å²) in [5.74, 6) is 0.309. The van der Waals surface area contributed by atoms with Crippen molar-refractivity contribution < 1.29 is 28.2 Å². The van der Waals surface area contributed by atoms with Crippen molar-refractivity contribution in [3.05, 3.63) is 29.3 Å². The topological polar surface area (TPSA) is 83.5 Å². The van der Waals surface area contributed by atoms with E-state index in [1.807, 2.05) is 0 Å². The molecule has 0 radical (unpaired) electrons. The summed E-state index contributed by atoms with van der Waals surface area (Å²) in [6.07, 6.45) is -6.98. The Morgan fingerprint density at radius 3 is 2.48 bits per heavy atom. The van der Waals surface area contributed by atoms with E-state index in [1.165, 1.54) is 6.92 Å². The number of nitrogen functional groups attached to an aromatic ring is 1. The zero-order valence-electron chi connectivity index (χ0n) is 11.2. The minimum Gasteiger partial charge on any atom is -0.398 e. The second-order valence-electron chi connectivity index (χ2n) is 4.49. The molecule has 0 aromatic heterocycles. The molecule has 2 atom stereocenters. The number of aliphatic hydroxyl groups is 2. The van der Waals surface area contributed by atoms with Crippen molar-refractivity contribution in [3.63, 3.8) is 0 Å². The highest BCUT2D eigenvalue weighted by molar-refractivity contribution is 8.13. The molecule has 4 nitrogen and oxygen atoms in total. The van der Waals surface area contributed by atoms with Crippen LogP contribution in [-0.2, 0) is 11.0 Å². The minimum absolute atomic E-state index is 0.0980. The van der Waals surface area contributed by atoms with Crippen LogP contribution in [0.5, 0.6) is 0 Å². The van der Waals surface area contributed by atoms with Crippen molar-refractivity contribution in [2.24, 2.45) is 0 Å². The average molecular weight is 323 g/mol. The minimum atomic E-state index is -4.57. The molecular weight excluding hydrogens is 307 g/mol. The number of alkyl halides is 3. The smallest absolute Gasteiger partial charge is 0.398 e. The van der Waals surface area contributed by atoms with Crippen LogP contribution in [0, 0.1) is 0 Å². The van der Waals surface area contributed by atoms with Crippen molar-refractivity contribution >= 4 is 22.6 Å². The summed E-state index contributed by atoms with van der Waals surface area (Å²) < 4.78 is 37.7. The summed E-state index contributed by atoms with van der Waals surface area (Å²) in [5.41, 5.74) is 3.93. The van der Waals surface area contributed by atoms with Crippen LogP contribution in [0.3, 0.4) is 0 Å². The van der Waals surface area contributed by atoms with Gasteiger partial charge in [-0.2, -0.15) is 13.2 Å². The second-order valence-corrected chi connectivity index (χ2v) is 5.76. The number of benzene rings is 1. The zero-order valence-corrected chi connectivity index (χ0v) is 12.0. The Labute approximate surface area is 124 Å². The lowest BCUT2D eigenvalue weighted by atomic mass is 10.00. The van der Waals surface area contributed by atoms with Gasteiger partial charge < -0.3 is 15.9 Å². The van der Waals surface area contributed by atoms with E-state index in [4.69, 9.17) is 5.73 Å². The highest BCUT2D eigenvalue weighted by atomic mass is 32.2. The Morgan fingerprint density at radius 2 is 2.00 bits per heavy atom. The maximum absolute atomic E-state index is 12.6. The lowest BCUT2D eigenvalue weighted by Gasteiger charge is -2.19. The lowest BCUT2D eigenvalue weighted by molar-refractivity contribution is -0.136. The molecule has 1 aromatic rings. The molecule has 0 aliphatic rings. The van der Waals surface area contributed by atoms with Gasteiger partial charge in [0.2, 0.25) is 0 Å². The van der Waals surface area contributed by atoms with Crippen LogP contribution in [0.4, 0.5) is 18.9 Å². The third-order valence-electron chi connectivity index (χ3n) is 2.81. The van der Waals surface area contributed by atoms with Crippen LogP contribution in [0.25, 0.3) is 0 Å². The largest absolute Gasteiger partial charge is 0.418 e. The van der Waals surface area contributed by atoms with Gasteiger partial charge in [-0.3, -0.25) is 4.79 Å². The average Bonchev–Trinajstić information content (AvgIpc) is 2.35. The Kier molecular flexibility index (Phi) is 6.06. The molecule has 118 valence electrons. The van der Waals surface area contributed by atoms with Crippen molar-refractivity contribution in [3.8, 4) is 0 Å². The number of carbonyl (C=O) groups excluding carboxylic acids is 1. The number of hydrogen-bond donors (Lipinski definition) is 3. The first-order chi connectivity index (χ1) is 9.62. The van der Waals surface area contributed by atoms with E-state index in [9.17, 15) is 28.2 Å². The van der Waals surface area contributed by atoms with Crippen LogP contribution in [0.15, 0.2) is 18.2 Å². The molecule has 0 heterocycles. The molecule has 0 saturated heterocycles. The molecule has 0 aliphatic carbocycles. The summed E-state index contributed by atoms with van der Waals surface area (Å²) in [5, 5.41) is 19.5. The fourth-order valence-electron chi connectivity index (χ4n) is 1.73. The predicted octanol–water partition coefficient (Wildman–Crippen LogP) is 2.35. The van der Waals surface area contributed by atoms with Crippen molar-refractivity contribution in [1.29, 1.82) is 0 Å². The number of anilines is 1. The van der Waals surface area contributed by atoms with Gasteiger partial charge in [-0.15, -0.1) is 0 Å². The molecule has 0 fully saturated rings. The van der Waals surface area contributed by atoms with E-state index >= 15 is 0 Å². The number of nitrogens with two attached hydrogens (primary N) is 1. The number of hydrogen-bond acceptors (Lipinski definition) is 5. The maximum atomic E-state index is 12.6. The summed E-state index contributed by atoms with van der Waals surface area (Å²) in [6.45, 7) is 1.38. The Hall–Kier alpha value is -1.25. The quantitative estimate of drug-likeness (QED) is 0.725. The summed E-state index contributed by atoms with van der Waals surface area (Å²) in [6, 6.07) is 2.84. The van der Waals surface area contributed by atoms with Crippen molar-refractivity contribution in [2.75, 3.05) is 11.5 Å². The highest BCUT2D eigenvalue weighted by Crippen LogP contribution is 2.35. The first-order valence-corrected chi connectivity index (χ1v) is 7.07.